The van der Waals surface area contributed by atoms with Gasteiger partial charge in [-0.2, -0.15) is 13.2 Å². The van der Waals surface area contributed by atoms with Gasteiger partial charge in [0, 0.05) is 22.4 Å². The van der Waals surface area contributed by atoms with Gasteiger partial charge in [0.05, 0.1) is 23.2 Å². The summed E-state index contributed by atoms with van der Waals surface area (Å²) in [5, 5.41) is 0. The number of hydrogen-bond donors (Lipinski definition) is 0. The summed E-state index contributed by atoms with van der Waals surface area (Å²) in [6.45, 7) is 0.376. The summed E-state index contributed by atoms with van der Waals surface area (Å²) < 4.78 is 85.7. The lowest BCUT2D eigenvalue weighted by Gasteiger charge is -2.48. The van der Waals surface area contributed by atoms with E-state index in [9.17, 15) is 18.4 Å². The van der Waals surface area contributed by atoms with Crippen molar-refractivity contribution >= 4 is 23.3 Å². The number of carbonyl (C=O) groups excluding carboxylic acids is 2. The topological polar surface area (TPSA) is 68.2 Å². The number of rotatable bonds is 13. The average Bonchev–Trinajstić information content (AvgIpc) is 3.68. The van der Waals surface area contributed by atoms with Crippen LogP contribution in [0.25, 0.3) is 0 Å². The molecule has 1 unspecified atom stereocenters. The van der Waals surface area contributed by atoms with Crippen molar-refractivity contribution in [1.29, 1.82) is 0 Å². The van der Waals surface area contributed by atoms with Crippen molar-refractivity contribution in [3.63, 3.8) is 0 Å². The number of alkyl halides is 3. The van der Waals surface area contributed by atoms with Crippen molar-refractivity contribution in [2.75, 3.05) is 4.90 Å². The molecule has 11 heteroatoms. The first-order valence-electron chi connectivity index (χ1n) is 20.7. The molecule has 1 fully saturated rings. The Hall–Kier alpha value is -7.40. The lowest BCUT2D eigenvalue weighted by atomic mass is 9.78. The first-order valence-corrected chi connectivity index (χ1v) is 20.7. The van der Waals surface area contributed by atoms with Crippen LogP contribution >= 0.6 is 0 Å². The Morgan fingerprint density at radius 2 is 1.31 bits per heavy atom. The molecule has 0 spiro atoms. The van der Waals surface area contributed by atoms with Gasteiger partial charge in [0.1, 0.15) is 30.1 Å². The molecule has 2 heterocycles. The normalized spacial score (nSPS) is 18.4. The lowest BCUT2D eigenvalue weighted by molar-refractivity contribution is -0.175. The van der Waals surface area contributed by atoms with E-state index in [2.05, 4.69) is 4.99 Å². The van der Waals surface area contributed by atoms with Crippen molar-refractivity contribution in [2.24, 2.45) is 10.9 Å². The molecule has 0 bridgehead atoms. The van der Waals surface area contributed by atoms with Gasteiger partial charge in [0.15, 0.2) is 0 Å². The summed E-state index contributed by atoms with van der Waals surface area (Å²) in [5.74, 6) is -1.76. The monoisotopic (exact) mass is 862 g/mol. The second kappa shape index (κ2) is 17.4. The third kappa shape index (κ3) is 8.05. The largest absolute Gasteiger partial charge is 0.489 e. The van der Waals surface area contributed by atoms with E-state index in [0.717, 1.165) is 11.1 Å². The molecule has 2 aliphatic rings. The van der Waals surface area contributed by atoms with Crippen LogP contribution in [-0.2, 0) is 21.7 Å². The number of esters is 1. The number of ether oxygens (including phenoxy) is 2. The predicted molar refractivity (Wildman–Crippen MR) is 233 cm³/mol. The Morgan fingerprint density at radius 3 is 1.97 bits per heavy atom. The summed E-state index contributed by atoms with van der Waals surface area (Å²) in [6, 6.07) is 47.9. The van der Waals surface area contributed by atoms with Gasteiger partial charge >= 0.3 is 12.1 Å². The van der Waals surface area contributed by atoms with E-state index in [1.165, 1.54) is 78.9 Å². The minimum absolute atomic E-state index is 0.00663. The number of fused-ring (bicyclic) bond motifs is 1. The molecule has 0 aliphatic carbocycles. The van der Waals surface area contributed by atoms with Gasteiger partial charge in [-0.3, -0.25) is 9.79 Å². The summed E-state index contributed by atoms with van der Waals surface area (Å²) in [5.41, 5.74) is 1.18. The van der Waals surface area contributed by atoms with Crippen molar-refractivity contribution in [3.05, 3.63) is 238 Å². The van der Waals surface area contributed by atoms with E-state index < -0.39 is 47.4 Å². The van der Waals surface area contributed by atoms with E-state index >= 15 is 13.2 Å². The summed E-state index contributed by atoms with van der Waals surface area (Å²) in [4.78, 5) is 33.9. The number of amides is 1. The number of hydrogen-bond acceptors (Lipinski definition) is 5. The maximum absolute atomic E-state index is 15.2. The van der Waals surface area contributed by atoms with Crippen LogP contribution in [0.15, 0.2) is 187 Å². The highest BCUT2D eigenvalue weighted by molar-refractivity contribution is 6.16. The molecule has 6 nitrogen and oxygen atoms in total. The van der Waals surface area contributed by atoms with Crippen LogP contribution in [0.3, 0.4) is 0 Å². The van der Waals surface area contributed by atoms with Gasteiger partial charge in [-0.25, -0.2) is 13.6 Å². The molecular formula is C53H39F5N2O4. The zero-order valence-corrected chi connectivity index (χ0v) is 34.1. The number of aliphatic imine (C=N–C) groups is 1. The highest BCUT2D eigenvalue weighted by atomic mass is 19.4. The molecule has 320 valence electrons. The molecule has 1 amide bonds. The van der Waals surface area contributed by atoms with Gasteiger partial charge < -0.3 is 14.4 Å². The molecule has 9 rings (SSSR count). The minimum Gasteiger partial charge on any atom is -0.489 e. The average molecular weight is 863 g/mol. The van der Waals surface area contributed by atoms with Crippen LogP contribution in [-0.4, -0.2) is 23.8 Å². The Labute approximate surface area is 366 Å². The Bertz CT molecular complexity index is 2800. The maximum Gasteiger partial charge on any atom is 0.422 e. The summed E-state index contributed by atoms with van der Waals surface area (Å²) in [7, 11) is 0. The van der Waals surface area contributed by atoms with Crippen LogP contribution in [0.1, 0.15) is 74.3 Å². The van der Waals surface area contributed by atoms with Gasteiger partial charge in [-0.05, 0) is 95.8 Å². The standard InChI is InChI=1S/C53H39F5N2O4/c54-40-23-19-35(20-24-40)47(32-31-45-49(60(50(45)61)42-27-25-41(55)26-28-42)37-21-29-43(30-22-37)63-33-34-9-3-1-4-10-34)64-51(62)38-17-15-36(16-18-38)48-44-13-7-8-14-46(44)52(59-48,53(56,57)58)39-11-5-2-6-12-39/h1-30,45,47,49H,31-33H2/t45-,47?,49-,52+/m1/s1. The van der Waals surface area contributed by atoms with Crippen LogP contribution < -0.4 is 9.64 Å². The van der Waals surface area contributed by atoms with E-state index in [0.29, 0.717) is 34.7 Å². The zero-order chi connectivity index (χ0) is 44.4. The fourth-order valence-electron chi connectivity index (χ4n) is 8.66. The Balaban J connectivity index is 0.958. The second-order valence-corrected chi connectivity index (χ2v) is 15.8. The van der Waals surface area contributed by atoms with Crippen molar-refractivity contribution in [1.82, 2.24) is 0 Å². The van der Waals surface area contributed by atoms with Crippen molar-refractivity contribution in [2.45, 2.75) is 43.3 Å². The van der Waals surface area contributed by atoms with E-state index in [4.69, 9.17) is 9.47 Å². The minimum atomic E-state index is -4.77. The molecule has 0 N–H and O–H groups in total. The molecule has 7 aromatic carbocycles. The second-order valence-electron chi connectivity index (χ2n) is 15.8. The third-order valence-electron chi connectivity index (χ3n) is 11.9. The quantitative estimate of drug-likeness (QED) is 0.0658. The van der Waals surface area contributed by atoms with Crippen LogP contribution in [0.4, 0.5) is 27.6 Å². The smallest absolute Gasteiger partial charge is 0.422 e. The van der Waals surface area contributed by atoms with Crippen LogP contribution in [0.5, 0.6) is 5.75 Å². The van der Waals surface area contributed by atoms with Gasteiger partial charge in [0.25, 0.3) is 0 Å². The van der Waals surface area contributed by atoms with E-state index in [-0.39, 0.29) is 41.2 Å². The maximum atomic E-state index is 15.2. The van der Waals surface area contributed by atoms with Crippen LogP contribution in [0, 0.1) is 17.6 Å². The predicted octanol–water partition coefficient (Wildman–Crippen LogP) is 12.3. The Morgan fingerprint density at radius 1 is 0.703 bits per heavy atom. The Kier molecular flexibility index (Phi) is 11.4. The third-order valence-corrected chi connectivity index (χ3v) is 11.9. The molecule has 1 saturated heterocycles. The first kappa shape index (κ1) is 41.9. The number of halogens is 5. The fourth-order valence-corrected chi connectivity index (χ4v) is 8.66. The SMILES string of the molecule is O=C(OC(CC[C@H]1C(=O)N(c2ccc(F)cc2)[C@@H]1c1ccc(OCc2ccccc2)cc1)c1ccc(F)cc1)c1ccc(C2=N[C@](c3ccccc3)(C(F)(F)F)c3ccccc32)cc1. The number of anilines is 1. The molecule has 2 aliphatic heterocycles. The number of nitrogens with zero attached hydrogens (tertiary/aromatic N) is 2. The van der Waals surface area contributed by atoms with Crippen molar-refractivity contribution < 1.29 is 41.0 Å². The summed E-state index contributed by atoms with van der Waals surface area (Å²) in [6.07, 6.45) is -5.22. The molecule has 7 aromatic rings. The fraction of sp³-hybridized carbons (Fsp3) is 0.151. The molecule has 64 heavy (non-hydrogen) atoms. The highest BCUT2D eigenvalue weighted by Gasteiger charge is 2.61. The van der Waals surface area contributed by atoms with Crippen LogP contribution in [0.2, 0.25) is 0 Å². The van der Waals surface area contributed by atoms with Gasteiger partial charge in [-0.15, -0.1) is 0 Å². The summed E-state index contributed by atoms with van der Waals surface area (Å²) >= 11 is 0. The number of benzene rings is 7. The highest BCUT2D eigenvalue weighted by Crippen LogP contribution is 2.53. The number of carbonyl (C=O) groups is 2. The van der Waals surface area contributed by atoms with Crippen molar-refractivity contribution in [3.8, 4) is 5.75 Å². The molecular weight excluding hydrogens is 824 g/mol. The zero-order valence-electron chi connectivity index (χ0n) is 34.1. The molecule has 0 saturated carbocycles. The van der Waals surface area contributed by atoms with E-state index in [1.807, 2.05) is 54.6 Å². The molecule has 4 atom stereocenters. The van der Waals surface area contributed by atoms with Gasteiger partial charge in [-0.1, -0.05) is 121 Å². The van der Waals surface area contributed by atoms with E-state index in [1.54, 1.807) is 53.4 Å². The lowest BCUT2D eigenvalue weighted by Crippen LogP contribution is -2.55. The van der Waals surface area contributed by atoms with Gasteiger partial charge in [0.2, 0.25) is 11.4 Å². The first-order chi connectivity index (χ1) is 31.0. The molecule has 0 aromatic heterocycles. The molecule has 0 radical (unpaired) electrons. The number of β-lactam (4-membered cyclic amide) rings is 1.